The number of likely N-dealkylation sites (N-methyl/N-ethyl adjacent to an activating group) is 1. The van der Waals surface area contributed by atoms with Crippen molar-refractivity contribution in [3.63, 3.8) is 0 Å². The summed E-state index contributed by atoms with van der Waals surface area (Å²) >= 11 is 0. The van der Waals surface area contributed by atoms with E-state index >= 15 is 0 Å². The zero-order chi connectivity index (χ0) is 25.4. The monoisotopic (exact) mass is 481 g/mol. The number of urea groups is 1. The predicted octanol–water partition coefficient (Wildman–Crippen LogP) is 3.16. The summed E-state index contributed by atoms with van der Waals surface area (Å²) in [5.74, 6) is 0.0656. The number of benzene rings is 2. The Morgan fingerprint density at radius 1 is 1.09 bits per heavy atom. The van der Waals surface area contributed by atoms with Crippen LogP contribution >= 0.6 is 0 Å². The molecule has 0 bridgehead atoms. The van der Waals surface area contributed by atoms with Crippen molar-refractivity contribution in [3.05, 3.63) is 65.4 Å². The number of para-hydroxylation sites is 2. The molecule has 0 saturated heterocycles. The van der Waals surface area contributed by atoms with Crippen LogP contribution in [0.25, 0.3) is 0 Å². The van der Waals surface area contributed by atoms with Crippen molar-refractivity contribution in [3.8, 4) is 0 Å². The van der Waals surface area contributed by atoms with Crippen LogP contribution in [0.5, 0.6) is 0 Å². The molecule has 1 aliphatic heterocycles. The molecule has 0 spiro atoms. The SMILES string of the molecule is CCN(CC)CCN(C(=O)Nc1ccccc1)C1C(=O)N(CCC(C)C)c2ccccc2C[NH+]1[O-]. The number of anilines is 2. The molecule has 2 atom stereocenters. The van der Waals surface area contributed by atoms with Crippen molar-refractivity contribution in [1.82, 2.24) is 9.80 Å². The first-order valence-corrected chi connectivity index (χ1v) is 12.6. The van der Waals surface area contributed by atoms with E-state index in [1.165, 1.54) is 4.90 Å². The molecule has 0 aromatic heterocycles. The van der Waals surface area contributed by atoms with Crippen molar-refractivity contribution in [2.45, 2.75) is 46.8 Å². The molecule has 0 saturated carbocycles. The minimum Gasteiger partial charge on any atom is -0.632 e. The molecule has 3 rings (SSSR count). The lowest BCUT2D eigenvalue weighted by atomic mass is 10.1. The van der Waals surface area contributed by atoms with Crippen LogP contribution in [0, 0.1) is 11.1 Å². The highest BCUT2D eigenvalue weighted by Crippen LogP contribution is 2.24. The van der Waals surface area contributed by atoms with E-state index in [4.69, 9.17) is 0 Å². The number of nitrogens with zero attached hydrogens (tertiary/aromatic N) is 3. The second-order valence-corrected chi connectivity index (χ2v) is 9.36. The fourth-order valence-corrected chi connectivity index (χ4v) is 4.39. The van der Waals surface area contributed by atoms with Gasteiger partial charge < -0.3 is 25.4 Å². The van der Waals surface area contributed by atoms with Gasteiger partial charge >= 0.3 is 11.9 Å². The Kier molecular flexibility index (Phi) is 9.65. The Bertz CT molecular complexity index is 964. The van der Waals surface area contributed by atoms with Gasteiger partial charge in [-0.2, -0.15) is 0 Å². The number of fused-ring (bicyclic) bond motifs is 1. The zero-order valence-corrected chi connectivity index (χ0v) is 21.4. The maximum Gasteiger partial charge on any atom is 0.326 e. The molecule has 1 heterocycles. The van der Waals surface area contributed by atoms with Gasteiger partial charge in [0.05, 0.1) is 5.69 Å². The van der Waals surface area contributed by atoms with Crippen LogP contribution in [0.3, 0.4) is 0 Å². The summed E-state index contributed by atoms with van der Waals surface area (Å²) in [6, 6.07) is 16.3. The van der Waals surface area contributed by atoms with Crippen molar-refractivity contribution >= 4 is 23.3 Å². The van der Waals surface area contributed by atoms with Gasteiger partial charge in [-0.1, -0.05) is 64.1 Å². The van der Waals surface area contributed by atoms with Gasteiger partial charge in [-0.15, -0.1) is 0 Å². The van der Waals surface area contributed by atoms with Crippen LogP contribution in [-0.2, 0) is 11.3 Å². The summed E-state index contributed by atoms with van der Waals surface area (Å²) in [5.41, 5.74) is 2.21. The fourth-order valence-electron chi connectivity index (χ4n) is 4.39. The lowest BCUT2D eigenvalue weighted by Gasteiger charge is -2.38. The topological polar surface area (TPSA) is 83.4 Å². The van der Waals surface area contributed by atoms with Gasteiger partial charge in [0.25, 0.3) is 0 Å². The number of carbonyl (C=O) groups excluding carboxylic acids is 2. The van der Waals surface area contributed by atoms with Crippen LogP contribution in [0.4, 0.5) is 16.2 Å². The van der Waals surface area contributed by atoms with Gasteiger partial charge in [0.1, 0.15) is 6.54 Å². The molecule has 2 N–H and O–H groups in total. The van der Waals surface area contributed by atoms with Gasteiger partial charge in [-0.05, 0) is 43.6 Å². The lowest BCUT2D eigenvalue weighted by Crippen LogP contribution is -3.13. The first kappa shape index (κ1) is 26.7. The highest BCUT2D eigenvalue weighted by atomic mass is 16.5. The van der Waals surface area contributed by atoms with Crippen molar-refractivity contribution < 1.29 is 14.7 Å². The third kappa shape index (κ3) is 6.81. The Hall–Kier alpha value is -2.94. The summed E-state index contributed by atoms with van der Waals surface area (Å²) in [5, 5.41) is 16.2. The van der Waals surface area contributed by atoms with Crippen LogP contribution in [0.2, 0.25) is 0 Å². The maximum atomic E-state index is 14.0. The predicted molar refractivity (Wildman–Crippen MR) is 140 cm³/mol. The third-order valence-corrected chi connectivity index (χ3v) is 6.53. The number of quaternary nitrogens is 1. The highest BCUT2D eigenvalue weighted by molar-refractivity contribution is 6.00. The minimum absolute atomic E-state index is 0.116. The second-order valence-electron chi connectivity index (χ2n) is 9.36. The number of carbonyl (C=O) groups is 2. The minimum atomic E-state index is -1.17. The van der Waals surface area contributed by atoms with E-state index in [-0.39, 0.29) is 24.1 Å². The number of amides is 3. The molecule has 8 nitrogen and oxygen atoms in total. The largest absolute Gasteiger partial charge is 0.632 e. The first-order valence-electron chi connectivity index (χ1n) is 12.6. The second kappa shape index (κ2) is 12.7. The standard InChI is InChI=1S/C27H39N5O3/c1-5-29(6-2)18-19-31(27(34)28-23-13-8-7-9-14-23)25-26(33)30(17-16-21(3)4)24-15-11-10-12-22(24)20-32(25)35/h7-15,21,25,32H,5-6,16-20H2,1-4H3,(H,28,34). The Morgan fingerprint density at radius 3 is 2.40 bits per heavy atom. The van der Waals surface area contributed by atoms with Crippen molar-refractivity contribution in [2.75, 3.05) is 42.9 Å². The number of hydrogen-bond acceptors (Lipinski definition) is 4. The number of rotatable bonds is 10. The van der Waals surface area contributed by atoms with Gasteiger partial charge in [-0.3, -0.25) is 9.69 Å². The van der Waals surface area contributed by atoms with Gasteiger partial charge in [0.15, 0.2) is 0 Å². The number of nitrogens with one attached hydrogen (secondary N) is 2. The molecule has 2 unspecified atom stereocenters. The van der Waals surface area contributed by atoms with Crippen molar-refractivity contribution in [1.29, 1.82) is 0 Å². The van der Waals surface area contributed by atoms with E-state index in [1.807, 2.05) is 42.5 Å². The average molecular weight is 482 g/mol. The summed E-state index contributed by atoms with van der Waals surface area (Å²) in [6.07, 6.45) is -0.370. The summed E-state index contributed by atoms with van der Waals surface area (Å²) in [7, 11) is 0. The Morgan fingerprint density at radius 2 is 1.74 bits per heavy atom. The van der Waals surface area contributed by atoms with Crippen LogP contribution in [-0.4, -0.2) is 60.6 Å². The molecular formula is C27H39N5O3. The highest BCUT2D eigenvalue weighted by Gasteiger charge is 2.41. The molecule has 2 aromatic carbocycles. The molecule has 0 radical (unpaired) electrons. The summed E-state index contributed by atoms with van der Waals surface area (Å²) in [4.78, 5) is 32.8. The molecule has 0 fully saturated rings. The van der Waals surface area contributed by atoms with E-state index < -0.39 is 12.2 Å². The molecule has 2 aromatic rings. The molecule has 8 heteroatoms. The normalized spacial score (nSPS) is 17.9. The van der Waals surface area contributed by atoms with Crippen molar-refractivity contribution in [2.24, 2.45) is 5.92 Å². The molecular weight excluding hydrogens is 442 g/mol. The van der Waals surface area contributed by atoms with Crippen LogP contribution < -0.4 is 15.3 Å². The van der Waals surface area contributed by atoms with Crippen LogP contribution in [0.15, 0.2) is 54.6 Å². The molecule has 1 aliphatic rings. The van der Waals surface area contributed by atoms with Crippen LogP contribution in [0.1, 0.15) is 39.7 Å². The number of hydrogen-bond donors (Lipinski definition) is 2. The lowest BCUT2D eigenvalue weighted by molar-refractivity contribution is -0.889. The molecule has 3 amide bonds. The van der Waals surface area contributed by atoms with Gasteiger partial charge in [0.2, 0.25) is 6.17 Å². The molecule has 190 valence electrons. The maximum absolute atomic E-state index is 14.0. The van der Waals surface area contributed by atoms with Gasteiger partial charge in [-0.25, -0.2) is 4.79 Å². The Labute approximate surface area is 209 Å². The van der Waals surface area contributed by atoms with E-state index in [0.29, 0.717) is 24.7 Å². The fraction of sp³-hybridized carbons (Fsp3) is 0.481. The van der Waals surface area contributed by atoms with E-state index in [1.54, 1.807) is 17.0 Å². The summed E-state index contributed by atoms with van der Waals surface area (Å²) in [6.45, 7) is 11.5. The quantitative estimate of drug-likeness (QED) is 0.511. The smallest absolute Gasteiger partial charge is 0.326 e. The Balaban J connectivity index is 1.96. The zero-order valence-electron chi connectivity index (χ0n) is 21.4. The summed E-state index contributed by atoms with van der Waals surface area (Å²) < 4.78 is 0. The van der Waals surface area contributed by atoms with E-state index in [9.17, 15) is 14.8 Å². The molecule has 0 aliphatic carbocycles. The first-order chi connectivity index (χ1) is 16.8. The third-order valence-electron chi connectivity index (χ3n) is 6.53. The van der Waals surface area contributed by atoms with Gasteiger partial charge in [0, 0.05) is 30.9 Å². The number of hydroxylamine groups is 2. The van der Waals surface area contributed by atoms with E-state index in [0.717, 1.165) is 30.8 Å². The van der Waals surface area contributed by atoms with E-state index in [2.05, 4.69) is 37.9 Å². The molecule has 35 heavy (non-hydrogen) atoms. The average Bonchev–Trinajstić information content (AvgIpc) is 2.94.